The summed E-state index contributed by atoms with van der Waals surface area (Å²) in [5.74, 6) is -4.71. The summed E-state index contributed by atoms with van der Waals surface area (Å²) in [7, 11) is 0. The topological polar surface area (TPSA) is 20.2 Å². The van der Waals surface area contributed by atoms with E-state index in [0.717, 1.165) is 23.8 Å². The van der Waals surface area contributed by atoms with Crippen LogP contribution in [0.5, 0.6) is 5.75 Å². The summed E-state index contributed by atoms with van der Waals surface area (Å²) in [6, 6.07) is 10.1. The average Bonchev–Trinajstić information content (AvgIpc) is 2.52. The largest absolute Gasteiger partial charge is 0.503 e. The molecule has 3 aromatic rings. The van der Waals surface area contributed by atoms with Crippen molar-refractivity contribution in [3.05, 3.63) is 77.4 Å². The first-order chi connectivity index (χ1) is 11.4. The van der Waals surface area contributed by atoms with Crippen LogP contribution in [0.2, 0.25) is 0 Å². The van der Waals surface area contributed by atoms with Crippen molar-refractivity contribution in [1.82, 2.24) is 0 Å². The lowest BCUT2D eigenvalue weighted by Gasteiger charge is -2.09. The van der Waals surface area contributed by atoms with Gasteiger partial charge in [-0.05, 0) is 47.9 Å². The Kier molecular flexibility index (Phi) is 4.01. The first-order valence-electron chi connectivity index (χ1n) is 7.11. The molecule has 0 saturated heterocycles. The van der Waals surface area contributed by atoms with E-state index < -0.39 is 29.0 Å². The monoisotopic (exact) mass is 332 g/mol. The Hall–Kier alpha value is -2.82. The number of phenolic OH excluding ortho intramolecular Hbond substituents is 1. The zero-order valence-corrected chi connectivity index (χ0v) is 12.6. The van der Waals surface area contributed by atoms with Crippen molar-refractivity contribution in [3.63, 3.8) is 0 Å². The SMILES string of the molecule is Cc1ccc(-c2ccc(-c3cc(F)c(O)c(F)c3)c(F)c2)c(F)c1. The fourth-order valence-electron chi connectivity index (χ4n) is 2.49. The van der Waals surface area contributed by atoms with Crippen LogP contribution in [-0.4, -0.2) is 5.11 Å². The van der Waals surface area contributed by atoms with Gasteiger partial charge in [0, 0.05) is 11.1 Å². The van der Waals surface area contributed by atoms with Crippen molar-refractivity contribution < 1.29 is 22.7 Å². The number of phenols is 1. The van der Waals surface area contributed by atoms with Gasteiger partial charge in [0.15, 0.2) is 17.4 Å². The van der Waals surface area contributed by atoms with Gasteiger partial charge >= 0.3 is 0 Å². The third kappa shape index (κ3) is 2.85. The van der Waals surface area contributed by atoms with E-state index in [1.807, 2.05) is 0 Å². The van der Waals surface area contributed by atoms with Crippen molar-refractivity contribution in [2.24, 2.45) is 0 Å². The Morgan fingerprint density at radius 3 is 1.71 bits per heavy atom. The van der Waals surface area contributed by atoms with E-state index in [1.54, 1.807) is 19.1 Å². The normalized spacial score (nSPS) is 10.9. The summed E-state index contributed by atoms with van der Waals surface area (Å²) in [5.41, 5.74) is 1.17. The summed E-state index contributed by atoms with van der Waals surface area (Å²) >= 11 is 0. The van der Waals surface area contributed by atoms with Crippen molar-refractivity contribution >= 4 is 0 Å². The van der Waals surface area contributed by atoms with Gasteiger partial charge in [-0.25, -0.2) is 17.6 Å². The van der Waals surface area contributed by atoms with Gasteiger partial charge in [-0.15, -0.1) is 0 Å². The summed E-state index contributed by atoms with van der Waals surface area (Å²) in [6.07, 6.45) is 0. The number of hydrogen-bond donors (Lipinski definition) is 1. The van der Waals surface area contributed by atoms with Gasteiger partial charge in [0.1, 0.15) is 11.6 Å². The number of rotatable bonds is 2. The lowest BCUT2D eigenvalue weighted by atomic mass is 9.98. The summed E-state index contributed by atoms with van der Waals surface area (Å²) in [6.45, 7) is 1.74. The minimum Gasteiger partial charge on any atom is -0.503 e. The van der Waals surface area contributed by atoms with Crippen LogP contribution in [0.15, 0.2) is 48.5 Å². The molecule has 0 heterocycles. The van der Waals surface area contributed by atoms with Gasteiger partial charge in [0.25, 0.3) is 0 Å². The van der Waals surface area contributed by atoms with Crippen LogP contribution in [0, 0.1) is 30.2 Å². The number of hydrogen-bond acceptors (Lipinski definition) is 1. The lowest BCUT2D eigenvalue weighted by molar-refractivity contribution is 0.396. The molecule has 5 heteroatoms. The minimum absolute atomic E-state index is 0.0518. The Morgan fingerprint density at radius 1 is 0.625 bits per heavy atom. The zero-order chi connectivity index (χ0) is 17.4. The van der Waals surface area contributed by atoms with Crippen LogP contribution in [0.25, 0.3) is 22.3 Å². The second kappa shape index (κ2) is 6.00. The molecule has 1 nitrogen and oxygen atoms in total. The number of aromatic hydroxyl groups is 1. The highest BCUT2D eigenvalue weighted by atomic mass is 19.1. The molecule has 0 aliphatic rings. The van der Waals surface area contributed by atoms with Gasteiger partial charge in [0.05, 0.1) is 0 Å². The van der Waals surface area contributed by atoms with Gasteiger partial charge in [-0.1, -0.05) is 24.3 Å². The highest BCUT2D eigenvalue weighted by Gasteiger charge is 2.15. The van der Waals surface area contributed by atoms with E-state index in [4.69, 9.17) is 5.11 Å². The van der Waals surface area contributed by atoms with Crippen molar-refractivity contribution in [1.29, 1.82) is 0 Å². The molecule has 0 aromatic heterocycles. The van der Waals surface area contributed by atoms with Gasteiger partial charge in [0.2, 0.25) is 0 Å². The van der Waals surface area contributed by atoms with Crippen molar-refractivity contribution in [2.45, 2.75) is 6.92 Å². The van der Waals surface area contributed by atoms with Gasteiger partial charge in [-0.2, -0.15) is 0 Å². The zero-order valence-electron chi connectivity index (χ0n) is 12.6. The maximum atomic E-state index is 14.4. The van der Waals surface area contributed by atoms with Crippen molar-refractivity contribution in [3.8, 4) is 28.0 Å². The fourth-order valence-corrected chi connectivity index (χ4v) is 2.49. The average molecular weight is 332 g/mol. The molecule has 0 aliphatic heterocycles. The Bertz CT molecular complexity index is 912. The van der Waals surface area contributed by atoms with E-state index in [-0.39, 0.29) is 16.7 Å². The number of benzene rings is 3. The van der Waals surface area contributed by atoms with Crippen LogP contribution in [0.1, 0.15) is 5.56 Å². The molecule has 0 bridgehead atoms. The molecular formula is C19H12F4O. The molecule has 0 fully saturated rings. The molecule has 1 N–H and O–H groups in total. The molecule has 3 rings (SSSR count). The minimum atomic E-state index is -1.18. The first kappa shape index (κ1) is 16.1. The predicted octanol–water partition coefficient (Wildman–Crippen LogP) is 5.59. The third-order valence-electron chi connectivity index (χ3n) is 3.73. The van der Waals surface area contributed by atoms with E-state index in [1.165, 1.54) is 18.2 Å². The highest BCUT2D eigenvalue weighted by Crippen LogP contribution is 2.32. The maximum absolute atomic E-state index is 14.4. The van der Waals surface area contributed by atoms with Crippen LogP contribution in [0.3, 0.4) is 0 Å². The van der Waals surface area contributed by atoms with Crippen molar-refractivity contribution in [2.75, 3.05) is 0 Å². The molecule has 3 aromatic carbocycles. The maximum Gasteiger partial charge on any atom is 0.187 e. The van der Waals surface area contributed by atoms with E-state index in [2.05, 4.69) is 0 Å². The quantitative estimate of drug-likeness (QED) is 0.606. The molecule has 0 aliphatic carbocycles. The second-order valence-electron chi connectivity index (χ2n) is 5.47. The molecule has 0 saturated carbocycles. The summed E-state index contributed by atoms with van der Waals surface area (Å²) < 4.78 is 55.2. The van der Waals surface area contributed by atoms with E-state index in [9.17, 15) is 17.6 Å². The van der Waals surface area contributed by atoms with Gasteiger partial charge < -0.3 is 5.11 Å². The predicted molar refractivity (Wildman–Crippen MR) is 83.5 cm³/mol. The molecule has 0 radical (unpaired) electrons. The number of aryl methyl sites for hydroxylation is 1. The van der Waals surface area contributed by atoms with Crippen LogP contribution >= 0.6 is 0 Å². The second-order valence-corrected chi connectivity index (χ2v) is 5.47. The molecule has 122 valence electrons. The molecule has 0 amide bonds. The molecule has 0 unspecified atom stereocenters. The molecule has 0 spiro atoms. The Morgan fingerprint density at radius 2 is 1.12 bits per heavy atom. The Balaban J connectivity index is 2.08. The standard InChI is InChI=1S/C19H12F4O/c1-10-2-4-13(15(20)6-10)11-3-5-14(16(21)7-11)12-8-17(22)19(24)18(23)9-12/h2-9,24H,1H3. The third-order valence-corrected chi connectivity index (χ3v) is 3.73. The highest BCUT2D eigenvalue weighted by molar-refractivity contribution is 5.72. The van der Waals surface area contributed by atoms with E-state index >= 15 is 0 Å². The van der Waals surface area contributed by atoms with Crippen LogP contribution in [0.4, 0.5) is 17.6 Å². The summed E-state index contributed by atoms with van der Waals surface area (Å²) in [5, 5.41) is 9.11. The fraction of sp³-hybridized carbons (Fsp3) is 0.0526. The Labute approximate surface area is 135 Å². The first-order valence-corrected chi connectivity index (χ1v) is 7.11. The number of halogens is 4. The molecule has 0 atom stereocenters. The lowest BCUT2D eigenvalue weighted by Crippen LogP contribution is -1.92. The van der Waals surface area contributed by atoms with Gasteiger partial charge in [-0.3, -0.25) is 0 Å². The summed E-state index contributed by atoms with van der Waals surface area (Å²) in [4.78, 5) is 0. The molecular weight excluding hydrogens is 320 g/mol. The van der Waals surface area contributed by atoms with Crippen LogP contribution in [-0.2, 0) is 0 Å². The van der Waals surface area contributed by atoms with E-state index in [0.29, 0.717) is 5.56 Å². The smallest absolute Gasteiger partial charge is 0.187 e. The molecule has 24 heavy (non-hydrogen) atoms. The van der Waals surface area contributed by atoms with Crippen LogP contribution < -0.4 is 0 Å².